The van der Waals surface area contributed by atoms with Crippen molar-refractivity contribution in [3.63, 3.8) is 0 Å². The van der Waals surface area contributed by atoms with Crippen LogP contribution in [0.15, 0.2) is 18.2 Å². The number of hydrogen-bond acceptors (Lipinski definition) is 2. The van der Waals surface area contributed by atoms with E-state index < -0.39 is 11.6 Å². The summed E-state index contributed by atoms with van der Waals surface area (Å²) in [6.45, 7) is 2.31. The molecule has 2 N–H and O–H groups in total. The summed E-state index contributed by atoms with van der Waals surface area (Å²) in [5, 5.41) is 5.57. The quantitative estimate of drug-likeness (QED) is 0.826. The van der Waals surface area contributed by atoms with Crippen molar-refractivity contribution in [1.29, 1.82) is 0 Å². The molecule has 1 atom stereocenters. The van der Waals surface area contributed by atoms with E-state index in [-0.39, 0.29) is 11.9 Å². The molecule has 94 valence electrons. The van der Waals surface area contributed by atoms with Crippen LogP contribution in [0.3, 0.4) is 0 Å². The second-order valence-electron chi connectivity index (χ2n) is 3.82. The Bertz CT molecular complexity index is 396. The Morgan fingerprint density at radius 3 is 2.65 bits per heavy atom. The number of rotatable bonds is 5. The molecule has 17 heavy (non-hydrogen) atoms. The van der Waals surface area contributed by atoms with E-state index in [2.05, 4.69) is 10.6 Å². The van der Waals surface area contributed by atoms with Crippen molar-refractivity contribution >= 4 is 5.91 Å². The zero-order valence-electron chi connectivity index (χ0n) is 9.89. The van der Waals surface area contributed by atoms with E-state index in [4.69, 9.17) is 0 Å². The minimum absolute atomic E-state index is 0.128. The van der Waals surface area contributed by atoms with Gasteiger partial charge in [0.25, 0.3) is 0 Å². The molecule has 0 aliphatic heterocycles. The van der Waals surface area contributed by atoms with Crippen molar-refractivity contribution < 1.29 is 13.6 Å². The summed E-state index contributed by atoms with van der Waals surface area (Å²) in [6.07, 6.45) is 0.352. The molecule has 1 unspecified atom stereocenters. The highest BCUT2D eigenvalue weighted by molar-refractivity contribution is 5.76. The number of halogens is 2. The first-order valence-electron chi connectivity index (χ1n) is 5.43. The highest BCUT2D eigenvalue weighted by Crippen LogP contribution is 2.15. The minimum Gasteiger partial charge on any atom is -0.350 e. The monoisotopic (exact) mass is 242 g/mol. The molecule has 0 aromatic heterocycles. The van der Waals surface area contributed by atoms with Crippen molar-refractivity contribution in [1.82, 2.24) is 10.6 Å². The molecule has 3 nitrogen and oxygen atoms in total. The normalized spacial score (nSPS) is 12.2. The van der Waals surface area contributed by atoms with Gasteiger partial charge in [0.1, 0.15) is 0 Å². The molecular formula is C12H16F2N2O. The van der Waals surface area contributed by atoms with Crippen molar-refractivity contribution in [2.24, 2.45) is 0 Å². The van der Waals surface area contributed by atoms with Crippen LogP contribution < -0.4 is 10.6 Å². The Hall–Kier alpha value is -1.49. The fourth-order valence-corrected chi connectivity index (χ4v) is 1.42. The summed E-state index contributed by atoms with van der Waals surface area (Å²) in [4.78, 5) is 11.4. The number of carbonyl (C=O) groups excluding carboxylic acids is 1. The molecule has 0 saturated heterocycles. The van der Waals surface area contributed by atoms with Crippen LogP contribution >= 0.6 is 0 Å². The molecule has 1 rings (SSSR count). The molecule has 0 saturated carbocycles. The summed E-state index contributed by atoms with van der Waals surface area (Å²) < 4.78 is 25.7. The lowest BCUT2D eigenvalue weighted by molar-refractivity contribution is -0.121. The number of carbonyl (C=O) groups is 1. The van der Waals surface area contributed by atoms with E-state index in [9.17, 15) is 13.6 Å². The van der Waals surface area contributed by atoms with Crippen LogP contribution in [-0.4, -0.2) is 19.5 Å². The highest BCUT2D eigenvalue weighted by atomic mass is 19.2. The number of benzene rings is 1. The van der Waals surface area contributed by atoms with Gasteiger partial charge < -0.3 is 10.6 Å². The molecule has 0 radical (unpaired) electrons. The first-order valence-corrected chi connectivity index (χ1v) is 5.43. The molecular weight excluding hydrogens is 226 g/mol. The maximum atomic E-state index is 13.0. The molecule has 0 fully saturated rings. The second-order valence-corrected chi connectivity index (χ2v) is 3.82. The number of hydrogen-bond donors (Lipinski definition) is 2. The third-order valence-electron chi connectivity index (χ3n) is 2.42. The maximum absolute atomic E-state index is 13.0. The maximum Gasteiger partial charge on any atom is 0.221 e. The summed E-state index contributed by atoms with van der Waals surface area (Å²) in [5.41, 5.74) is 0.543. The van der Waals surface area contributed by atoms with Gasteiger partial charge in [-0.1, -0.05) is 6.07 Å². The van der Waals surface area contributed by atoms with E-state index in [1.54, 1.807) is 14.0 Å². The van der Waals surface area contributed by atoms with Crippen LogP contribution in [0.2, 0.25) is 0 Å². The third kappa shape index (κ3) is 4.11. The van der Waals surface area contributed by atoms with Crippen molar-refractivity contribution in [3.05, 3.63) is 35.4 Å². The van der Waals surface area contributed by atoms with E-state index in [0.29, 0.717) is 18.5 Å². The van der Waals surface area contributed by atoms with Crippen molar-refractivity contribution in [2.75, 3.05) is 13.6 Å². The minimum atomic E-state index is -0.904. The van der Waals surface area contributed by atoms with Crippen molar-refractivity contribution in [3.8, 4) is 0 Å². The molecule has 5 heteroatoms. The zero-order valence-corrected chi connectivity index (χ0v) is 9.89. The predicted molar refractivity (Wildman–Crippen MR) is 61.5 cm³/mol. The average Bonchev–Trinajstić information content (AvgIpc) is 2.30. The van der Waals surface area contributed by atoms with Gasteiger partial charge in [-0.2, -0.15) is 0 Å². The molecule has 1 aromatic carbocycles. The Morgan fingerprint density at radius 2 is 2.06 bits per heavy atom. The largest absolute Gasteiger partial charge is 0.350 e. The standard InChI is InChI=1S/C12H16F2N2O/c1-8(16-12(17)5-6-15-2)9-3-4-10(13)11(14)7-9/h3-4,7-8,15H,5-6H2,1-2H3,(H,16,17). The van der Waals surface area contributed by atoms with Crippen LogP contribution in [0.1, 0.15) is 24.9 Å². The Kier molecular flexibility index (Phi) is 5.03. The molecule has 0 heterocycles. The summed E-state index contributed by atoms with van der Waals surface area (Å²) in [5.74, 6) is -1.92. The summed E-state index contributed by atoms with van der Waals surface area (Å²) >= 11 is 0. The van der Waals surface area contributed by atoms with Crippen LogP contribution in [0.25, 0.3) is 0 Å². The average molecular weight is 242 g/mol. The fraction of sp³-hybridized carbons (Fsp3) is 0.417. The second kappa shape index (κ2) is 6.30. The van der Waals surface area contributed by atoms with Gasteiger partial charge in [-0.15, -0.1) is 0 Å². The molecule has 0 aliphatic carbocycles. The van der Waals surface area contributed by atoms with Gasteiger partial charge in [-0.05, 0) is 31.7 Å². The van der Waals surface area contributed by atoms with Gasteiger partial charge in [0.15, 0.2) is 11.6 Å². The first-order chi connectivity index (χ1) is 8.04. The van der Waals surface area contributed by atoms with Gasteiger partial charge in [0.05, 0.1) is 6.04 Å². The van der Waals surface area contributed by atoms with Crippen LogP contribution in [0.5, 0.6) is 0 Å². The molecule has 0 spiro atoms. The first kappa shape index (κ1) is 13.6. The predicted octanol–water partition coefficient (Wildman–Crippen LogP) is 1.75. The summed E-state index contributed by atoms with van der Waals surface area (Å²) in [6, 6.07) is 3.27. The molecule has 1 amide bonds. The van der Waals surface area contributed by atoms with Crippen LogP contribution in [0.4, 0.5) is 8.78 Å². The smallest absolute Gasteiger partial charge is 0.221 e. The Labute approximate surface area is 99.2 Å². The molecule has 1 aromatic rings. The van der Waals surface area contributed by atoms with Crippen LogP contribution in [0, 0.1) is 11.6 Å². The van der Waals surface area contributed by atoms with E-state index >= 15 is 0 Å². The van der Waals surface area contributed by atoms with E-state index in [0.717, 1.165) is 12.1 Å². The van der Waals surface area contributed by atoms with Gasteiger partial charge in [0, 0.05) is 13.0 Å². The van der Waals surface area contributed by atoms with Gasteiger partial charge >= 0.3 is 0 Å². The van der Waals surface area contributed by atoms with Crippen LogP contribution in [-0.2, 0) is 4.79 Å². The van der Waals surface area contributed by atoms with Crippen molar-refractivity contribution in [2.45, 2.75) is 19.4 Å². The molecule has 0 aliphatic rings. The SMILES string of the molecule is CNCCC(=O)NC(C)c1ccc(F)c(F)c1. The Morgan fingerprint density at radius 1 is 1.35 bits per heavy atom. The number of nitrogens with one attached hydrogen (secondary N) is 2. The lowest BCUT2D eigenvalue weighted by atomic mass is 10.1. The lowest BCUT2D eigenvalue weighted by Gasteiger charge is -2.14. The Balaban J connectivity index is 2.60. The number of amides is 1. The third-order valence-corrected chi connectivity index (χ3v) is 2.42. The van der Waals surface area contributed by atoms with Gasteiger partial charge in [-0.3, -0.25) is 4.79 Å². The van der Waals surface area contributed by atoms with Gasteiger partial charge in [-0.25, -0.2) is 8.78 Å². The fourth-order valence-electron chi connectivity index (χ4n) is 1.42. The topological polar surface area (TPSA) is 41.1 Å². The van der Waals surface area contributed by atoms with E-state index in [1.807, 2.05) is 0 Å². The zero-order chi connectivity index (χ0) is 12.8. The van der Waals surface area contributed by atoms with Gasteiger partial charge in [0.2, 0.25) is 5.91 Å². The van der Waals surface area contributed by atoms with E-state index in [1.165, 1.54) is 6.07 Å². The molecule has 0 bridgehead atoms. The lowest BCUT2D eigenvalue weighted by Crippen LogP contribution is -2.29. The summed E-state index contributed by atoms with van der Waals surface area (Å²) in [7, 11) is 1.76. The highest BCUT2D eigenvalue weighted by Gasteiger charge is 2.11.